The summed E-state index contributed by atoms with van der Waals surface area (Å²) in [6, 6.07) is 17.8. The minimum Gasteiger partial charge on any atom is -0.354 e. The van der Waals surface area contributed by atoms with Gasteiger partial charge in [0.05, 0.1) is 16.2 Å². The molecule has 1 saturated heterocycles. The van der Waals surface area contributed by atoms with E-state index in [0.717, 1.165) is 55.2 Å². The van der Waals surface area contributed by atoms with Crippen molar-refractivity contribution >= 4 is 11.6 Å². The van der Waals surface area contributed by atoms with Crippen molar-refractivity contribution in [1.82, 2.24) is 20.1 Å². The molecule has 1 aromatic heterocycles. The van der Waals surface area contributed by atoms with E-state index in [2.05, 4.69) is 27.1 Å². The van der Waals surface area contributed by atoms with Gasteiger partial charge in [0, 0.05) is 57.1 Å². The first kappa shape index (κ1) is 21.7. The second kappa shape index (κ2) is 9.76. The van der Waals surface area contributed by atoms with Crippen LogP contribution in [-0.4, -0.2) is 71.9 Å². The van der Waals surface area contributed by atoms with Crippen LogP contribution in [0.5, 0.6) is 0 Å². The van der Waals surface area contributed by atoms with Crippen molar-refractivity contribution < 1.29 is 9.72 Å². The maximum Gasteiger partial charge on any atom is 0.269 e. The Morgan fingerprint density at radius 2 is 1.72 bits per heavy atom. The Kier molecular flexibility index (Phi) is 6.63. The van der Waals surface area contributed by atoms with E-state index in [4.69, 9.17) is 0 Å². The lowest BCUT2D eigenvalue weighted by atomic mass is 10.1. The van der Waals surface area contributed by atoms with Crippen LogP contribution in [0.4, 0.5) is 5.69 Å². The Hall–Kier alpha value is -3.49. The number of rotatable bonds is 7. The number of carbonyl (C=O) groups is 1. The molecule has 1 aliphatic rings. The maximum absolute atomic E-state index is 13.1. The van der Waals surface area contributed by atoms with Gasteiger partial charge in [-0.2, -0.15) is 0 Å². The number of non-ortho nitro benzene ring substituents is 1. The van der Waals surface area contributed by atoms with Crippen LogP contribution >= 0.6 is 0 Å². The molecule has 1 amide bonds. The van der Waals surface area contributed by atoms with Gasteiger partial charge in [0.1, 0.15) is 0 Å². The van der Waals surface area contributed by atoms with E-state index >= 15 is 0 Å². The third-order valence-electron chi connectivity index (χ3n) is 5.82. The fraction of sp³-hybridized carbons (Fsp3) is 0.292. The molecule has 0 bridgehead atoms. The van der Waals surface area contributed by atoms with E-state index in [1.54, 1.807) is 12.1 Å². The van der Waals surface area contributed by atoms with Gasteiger partial charge in [0.25, 0.3) is 11.6 Å². The van der Waals surface area contributed by atoms with Crippen molar-refractivity contribution in [3.8, 4) is 22.5 Å². The van der Waals surface area contributed by atoms with E-state index < -0.39 is 4.92 Å². The van der Waals surface area contributed by atoms with Crippen LogP contribution in [0.2, 0.25) is 0 Å². The lowest BCUT2D eigenvalue weighted by molar-refractivity contribution is -0.384. The van der Waals surface area contributed by atoms with Crippen LogP contribution < -0.4 is 5.32 Å². The summed E-state index contributed by atoms with van der Waals surface area (Å²) in [4.78, 5) is 31.6. The number of carbonyl (C=O) groups excluding carboxylic acids is 1. The second-order valence-corrected chi connectivity index (χ2v) is 8.04. The standard InChI is InChI=1S/C24H27N5O3/c1-27-13-15-28(16-14-27)12-11-25-24(30)21-17-22(18-7-9-20(10-8-18)29(31)32)26-23(21)19-5-3-2-4-6-19/h2-10,17,26H,11-16H2,1H3,(H,25,30). The van der Waals surface area contributed by atoms with E-state index in [0.29, 0.717) is 12.1 Å². The Bertz CT molecular complexity index is 1070. The molecule has 4 rings (SSSR count). The summed E-state index contributed by atoms with van der Waals surface area (Å²) in [6.45, 7) is 5.51. The number of nitrogens with zero attached hydrogens (tertiary/aromatic N) is 3. The van der Waals surface area contributed by atoms with Gasteiger partial charge in [-0.25, -0.2) is 0 Å². The molecule has 8 nitrogen and oxygen atoms in total. The third-order valence-corrected chi connectivity index (χ3v) is 5.82. The average molecular weight is 434 g/mol. The summed E-state index contributed by atoms with van der Waals surface area (Å²) < 4.78 is 0. The van der Waals surface area contributed by atoms with E-state index in [9.17, 15) is 14.9 Å². The topological polar surface area (TPSA) is 94.5 Å². The van der Waals surface area contributed by atoms with Crippen molar-refractivity contribution in [2.24, 2.45) is 0 Å². The molecule has 0 saturated carbocycles. The number of piperazine rings is 1. The first-order chi connectivity index (χ1) is 15.5. The lowest BCUT2D eigenvalue weighted by Crippen LogP contribution is -2.46. The smallest absolute Gasteiger partial charge is 0.269 e. The molecular formula is C24H27N5O3. The van der Waals surface area contributed by atoms with E-state index in [1.165, 1.54) is 12.1 Å². The van der Waals surface area contributed by atoms with Gasteiger partial charge in [-0.1, -0.05) is 30.3 Å². The first-order valence-electron chi connectivity index (χ1n) is 10.7. The van der Waals surface area contributed by atoms with Crippen molar-refractivity contribution in [3.63, 3.8) is 0 Å². The largest absolute Gasteiger partial charge is 0.354 e. The van der Waals surface area contributed by atoms with E-state index in [-0.39, 0.29) is 11.6 Å². The number of hydrogen-bond acceptors (Lipinski definition) is 5. The molecule has 1 fully saturated rings. The second-order valence-electron chi connectivity index (χ2n) is 8.04. The minimum absolute atomic E-state index is 0.0328. The Morgan fingerprint density at radius 3 is 2.38 bits per heavy atom. The highest BCUT2D eigenvalue weighted by Crippen LogP contribution is 2.30. The SMILES string of the molecule is CN1CCN(CCNC(=O)c2cc(-c3ccc([N+](=O)[O-])cc3)[nH]c2-c2ccccc2)CC1. The van der Waals surface area contributed by atoms with Gasteiger partial charge in [-0.15, -0.1) is 0 Å². The monoisotopic (exact) mass is 433 g/mol. The van der Waals surface area contributed by atoms with Crippen molar-refractivity contribution in [2.75, 3.05) is 46.3 Å². The lowest BCUT2D eigenvalue weighted by Gasteiger charge is -2.32. The van der Waals surface area contributed by atoms with Crippen LogP contribution in [0.3, 0.4) is 0 Å². The summed E-state index contributed by atoms with van der Waals surface area (Å²) in [5.41, 5.74) is 3.75. The molecule has 2 heterocycles. The van der Waals surface area contributed by atoms with Gasteiger partial charge in [-0.05, 0) is 36.4 Å². The molecule has 2 N–H and O–H groups in total. The van der Waals surface area contributed by atoms with Crippen LogP contribution in [-0.2, 0) is 0 Å². The van der Waals surface area contributed by atoms with Crippen LogP contribution in [0.15, 0.2) is 60.7 Å². The Labute approximate surface area is 187 Å². The molecule has 8 heteroatoms. The molecule has 2 aromatic carbocycles. The zero-order valence-electron chi connectivity index (χ0n) is 18.1. The fourth-order valence-corrected chi connectivity index (χ4v) is 3.88. The average Bonchev–Trinajstić information content (AvgIpc) is 3.27. The number of aromatic amines is 1. The Morgan fingerprint density at radius 1 is 1.03 bits per heavy atom. The van der Waals surface area contributed by atoms with Crippen molar-refractivity contribution in [1.29, 1.82) is 0 Å². The number of benzene rings is 2. The van der Waals surface area contributed by atoms with E-state index in [1.807, 2.05) is 36.4 Å². The number of likely N-dealkylation sites (N-methyl/N-ethyl adjacent to an activating group) is 1. The molecular weight excluding hydrogens is 406 g/mol. The summed E-state index contributed by atoms with van der Waals surface area (Å²) in [7, 11) is 2.12. The number of nitrogens with one attached hydrogen (secondary N) is 2. The van der Waals surface area contributed by atoms with Gasteiger partial charge in [0.2, 0.25) is 0 Å². The number of nitro groups is 1. The molecule has 1 aliphatic heterocycles. The third kappa shape index (κ3) is 5.04. The van der Waals surface area contributed by atoms with Crippen LogP contribution in [0.1, 0.15) is 10.4 Å². The number of amides is 1. The zero-order chi connectivity index (χ0) is 22.5. The van der Waals surface area contributed by atoms with Gasteiger partial charge in [-0.3, -0.25) is 19.8 Å². The Balaban J connectivity index is 1.53. The highest BCUT2D eigenvalue weighted by atomic mass is 16.6. The van der Waals surface area contributed by atoms with Crippen molar-refractivity contribution in [3.05, 3.63) is 76.3 Å². The number of hydrogen-bond donors (Lipinski definition) is 2. The predicted octanol–water partition coefficient (Wildman–Crippen LogP) is 3.23. The minimum atomic E-state index is -0.423. The first-order valence-corrected chi connectivity index (χ1v) is 10.7. The quantitative estimate of drug-likeness (QED) is 0.441. The number of nitro benzene ring substituents is 1. The molecule has 0 aliphatic carbocycles. The highest BCUT2D eigenvalue weighted by molar-refractivity contribution is 6.01. The molecule has 0 radical (unpaired) electrons. The number of aromatic nitrogens is 1. The molecule has 0 unspecified atom stereocenters. The molecule has 0 spiro atoms. The van der Waals surface area contributed by atoms with Gasteiger partial charge < -0.3 is 15.2 Å². The summed E-state index contributed by atoms with van der Waals surface area (Å²) in [5.74, 6) is -0.137. The highest BCUT2D eigenvalue weighted by Gasteiger charge is 2.19. The van der Waals surface area contributed by atoms with Crippen LogP contribution in [0.25, 0.3) is 22.5 Å². The maximum atomic E-state index is 13.1. The van der Waals surface area contributed by atoms with Gasteiger partial charge in [0.15, 0.2) is 0 Å². The zero-order valence-corrected chi connectivity index (χ0v) is 18.1. The predicted molar refractivity (Wildman–Crippen MR) is 125 cm³/mol. The summed E-state index contributed by atoms with van der Waals surface area (Å²) in [6.07, 6.45) is 0. The molecule has 0 atom stereocenters. The molecule has 166 valence electrons. The van der Waals surface area contributed by atoms with Crippen molar-refractivity contribution in [2.45, 2.75) is 0 Å². The summed E-state index contributed by atoms with van der Waals surface area (Å²) in [5, 5.41) is 14.0. The van der Waals surface area contributed by atoms with Crippen LogP contribution in [0, 0.1) is 10.1 Å². The van der Waals surface area contributed by atoms with Gasteiger partial charge >= 0.3 is 0 Å². The molecule has 32 heavy (non-hydrogen) atoms. The number of H-pyrrole nitrogens is 1. The summed E-state index contributed by atoms with van der Waals surface area (Å²) >= 11 is 0. The molecule has 3 aromatic rings. The fourth-order valence-electron chi connectivity index (χ4n) is 3.88. The normalized spacial score (nSPS) is 14.9.